The van der Waals surface area contributed by atoms with Crippen LogP contribution in [-0.4, -0.2) is 37.8 Å². The summed E-state index contributed by atoms with van der Waals surface area (Å²) in [6.07, 6.45) is 2.49. The number of esters is 1. The van der Waals surface area contributed by atoms with E-state index in [1.54, 1.807) is 14.0 Å². The van der Waals surface area contributed by atoms with E-state index in [1.165, 1.54) is 10.9 Å². The normalized spacial score (nSPS) is 13.2. The molecule has 0 saturated heterocycles. The molecule has 25 heavy (non-hydrogen) atoms. The summed E-state index contributed by atoms with van der Waals surface area (Å²) >= 11 is -0.682. The molecular weight excluding hydrogens is 361 g/mol. The minimum Gasteiger partial charge on any atom is -0.461 e. The number of hydrogen-bond donors (Lipinski definition) is 0. The molecule has 2 aromatic heterocycles. The Balaban J connectivity index is 1.98. The van der Waals surface area contributed by atoms with E-state index >= 15 is 0 Å². The SMILES string of the molecule is CCOC(=O)c1nn(C)c2c1CCc1cnc(OSC(F)(F)F)nc1-2. The van der Waals surface area contributed by atoms with Gasteiger partial charge < -0.3 is 8.92 Å². The maximum Gasteiger partial charge on any atom is 0.479 e. The summed E-state index contributed by atoms with van der Waals surface area (Å²) in [5, 5.41) is 4.18. The molecule has 0 unspecified atom stereocenters. The molecule has 1 aliphatic carbocycles. The second-order valence-electron chi connectivity index (χ2n) is 5.16. The summed E-state index contributed by atoms with van der Waals surface area (Å²) in [5.74, 6) is -0.541. The highest BCUT2D eigenvalue weighted by Gasteiger charge is 2.33. The molecule has 0 spiro atoms. The smallest absolute Gasteiger partial charge is 0.461 e. The fourth-order valence-corrected chi connectivity index (χ4v) is 2.88. The molecule has 1 aliphatic rings. The van der Waals surface area contributed by atoms with Gasteiger partial charge in [0, 0.05) is 18.8 Å². The molecule has 0 aliphatic heterocycles. The van der Waals surface area contributed by atoms with Crippen molar-refractivity contribution < 1.29 is 26.9 Å². The van der Waals surface area contributed by atoms with Crippen molar-refractivity contribution in [3.05, 3.63) is 23.0 Å². The van der Waals surface area contributed by atoms with Gasteiger partial charge in [-0.3, -0.25) is 4.68 Å². The van der Waals surface area contributed by atoms with Gasteiger partial charge in [-0.2, -0.15) is 23.3 Å². The molecule has 7 nitrogen and oxygen atoms in total. The van der Waals surface area contributed by atoms with Gasteiger partial charge in [0.05, 0.1) is 18.0 Å². The minimum atomic E-state index is -4.56. The molecule has 0 bridgehead atoms. The Morgan fingerprint density at radius 2 is 2.16 bits per heavy atom. The minimum absolute atomic E-state index is 0.191. The van der Waals surface area contributed by atoms with Gasteiger partial charge in [-0.15, -0.1) is 0 Å². The molecule has 3 rings (SSSR count). The van der Waals surface area contributed by atoms with Gasteiger partial charge in [0.15, 0.2) is 17.7 Å². The van der Waals surface area contributed by atoms with Gasteiger partial charge in [0.2, 0.25) is 0 Å². The number of halogens is 3. The van der Waals surface area contributed by atoms with Crippen LogP contribution < -0.4 is 4.18 Å². The second-order valence-corrected chi connectivity index (χ2v) is 5.95. The topological polar surface area (TPSA) is 79.1 Å². The van der Waals surface area contributed by atoms with Crippen molar-refractivity contribution in [1.29, 1.82) is 0 Å². The summed E-state index contributed by atoms with van der Waals surface area (Å²) in [6, 6.07) is -0.409. The zero-order valence-corrected chi connectivity index (χ0v) is 14.1. The highest BCUT2D eigenvalue weighted by atomic mass is 32.2. The van der Waals surface area contributed by atoms with E-state index in [-0.39, 0.29) is 12.3 Å². The van der Waals surface area contributed by atoms with Crippen LogP contribution in [0.2, 0.25) is 0 Å². The fraction of sp³-hybridized carbons (Fsp3) is 0.429. The van der Waals surface area contributed by atoms with E-state index in [9.17, 15) is 18.0 Å². The van der Waals surface area contributed by atoms with E-state index < -0.39 is 29.5 Å². The predicted octanol–water partition coefficient (Wildman–Crippen LogP) is 2.70. The zero-order valence-electron chi connectivity index (χ0n) is 13.3. The Morgan fingerprint density at radius 3 is 2.84 bits per heavy atom. The van der Waals surface area contributed by atoms with Gasteiger partial charge >= 0.3 is 17.5 Å². The van der Waals surface area contributed by atoms with Crippen molar-refractivity contribution >= 4 is 18.0 Å². The predicted molar refractivity (Wildman–Crippen MR) is 81.9 cm³/mol. The van der Waals surface area contributed by atoms with Crippen LogP contribution >= 0.6 is 12.0 Å². The van der Waals surface area contributed by atoms with E-state index in [1.807, 2.05) is 0 Å². The molecule has 0 N–H and O–H groups in total. The average molecular weight is 374 g/mol. The van der Waals surface area contributed by atoms with Crippen molar-refractivity contribution in [2.24, 2.45) is 7.05 Å². The number of aromatic nitrogens is 4. The second kappa shape index (κ2) is 6.54. The van der Waals surface area contributed by atoms with Crippen molar-refractivity contribution in [2.75, 3.05) is 6.61 Å². The number of ether oxygens (including phenoxy) is 1. The van der Waals surface area contributed by atoms with Crippen molar-refractivity contribution in [3.63, 3.8) is 0 Å². The molecule has 0 amide bonds. The lowest BCUT2D eigenvalue weighted by molar-refractivity contribution is -0.0371. The van der Waals surface area contributed by atoms with Crippen LogP contribution in [-0.2, 0) is 24.6 Å². The van der Waals surface area contributed by atoms with Crippen LogP contribution in [0.5, 0.6) is 6.01 Å². The number of fused-ring (bicyclic) bond motifs is 3. The van der Waals surface area contributed by atoms with E-state index in [4.69, 9.17) is 4.74 Å². The Bertz CT molecular complexity index is 822. The van der Waals surface area contributed by atoms with Crippen LogP contribution in [0.4, 0.5) is 13.2 Å². The lowest BCUT2D eigenvalue weighted by Crippen LogP contribution is -2.12. The summed E-state index contributed by atoms with van der Waals surface area (Å²) in [5.41, 5.74) is -2.02. The fourth-order valence-electron chi connectivity index (χ4n) is 2.63. The first-order chi connectivity index (χ1) is 11.8. The summed E-state index contributed by atoms with van der Waals surface area (Å²) in [4.78, 5) is 19.9. The Morgan fingerprint density at radius 1 is 1.40 bits per heavy atom. The molecule has 0 fully saturated rings. The zero-order chi connectivity index (χ0) is 18.2. The third-order valence-corrected chi connectivity index (χ3v) is 3.96. The lowest BCUT2D eigenvalue weighted by Gasteiger charge is -2.17. The van der Waals surface area contributed by atoms with Gasteiger partial charge in [-0.25, -0.2) is 9.78 Å². The third-order valence-electron chi connectivity index (χ3n) is 3.54. The van der Waals surface area contributed by atoms with Crippen molar-refractivity contribution in [3.8, 4) is 17.4 Å². The number of rotatable bonds is 4. The van der Waals surface area contributed by atoms with E-state index in [2.05, 4.69) is 19.2 Å². The number of carbonyl (C=O) groups excluding carboxylic acids is 1. The van der Waals surface area contributed by atoms with Crippen LogP contribution in [0.25, 0.3) is 11.4 Å². The highest BCUT2D eigenvalue weighted by Crippen LogP contribution is 2.36. The molecule has 0 saturated carbocycles. The molecule has 2 aromatic rings. The monoisotopic (exact) mass is 374 g/mol. The summed E-state index contributed by atoms with van der Waals surface area (Å²) < 4.78 is 47.8. The summed E-state index contributed by atoms with van der Waals surface area (Å²) in [6.45, 7) is 1.91. The first-order valence-corrected chi connectivity index (χ1v) is 8.06. The number of nitrogens with zero attached hydrogens (tertiary/aromatic N) is 4. The molecule has 11 heteroatoms. The van der Waals surface area contributed by atoms with Gasteiger partial charge in [0.25, 0.3) is 0 Å². The summed E-state index contributed by atoms with van der Waals surface area (Å²) in [7, 11) is 1.63. The number of hydrogen-bond acceptors (Lipinski definition) is 7. The van der Waals surface area contributed by atoms with Crippen LogP contribution in [0.3, 0.4) is 0 Å². The molecule has 0 radical (unpaired) electrons. The number of carbonyl (C=O) groups is 1. The van der Waals surface area contributed by atoms with Crippen LogP contribution in [0.15, 0.2) is 6.20 Å². The Hall–Kier alpha value is -2.30. The molecule has 0 aromatic carbocycles. The Labute approximate surface area is 144 Å². The first-order valence-electron chi connectivity index (χ1n) is 7.32. The largest absolute Gasteiger partial charge is 0.479 e. The molecule has 134 valence electrons. The standard InChI is InChI=1S/C14H13F3N4O3S/c1-3-23-12(22)10-8-5-4-7-6-18-13(24-25-14(15,16)17)19-9(7)11(8)21(2)20-10/h6H,3-5H2,1-2H3. The van der Waals surface area contributed by atoms with Gasteiger partial charge in [0.1, 0.15) is 0 Å². The van der Waals surface area contributed by atoms with Crippen LogP contribution in [0, 0.1) is 0 Å². The first kappa shape index (κ1) is 17.5. The quantitative estimate of drug-likeness (QED) is 0.601. The maximum atomic E-state index is 12.3. The molecule has 0 atom stereocenters. The maximum absolute atomic E-state index is 12.3. The van der Waals surface area contributed by atoms with E-state index in [0.717, 1.165) is 5.56 Å². The van der Waals surface area contributed by atoms with Gasteiger partial charge in [-0.05, 0) is 25.3 Å². The average Bonchev–Trinajstić information content (AvgIpc) is 2.90. The number of aryl methyl sites for hydroxylation is 2. The van der Waals surface area contributed by atoms with E-state index in [0.29, 0.717) is 29.8 Å². The molecule has 2 heterocycles. The van der Waals surface area contributed by atoms with Crippen molar-refractivity contribution in [1.82, 2.24) is 19.7 Å². The van der Waals surface area contributed by atoms with Crippen LogP contribution in [0.1, 0.15) is 28.5 Å². The molecular formula is C14H13F3N4O3S. The lowest BCUT2D eigenvalue weighted by atomic mass is 9.93. The number of alkyl halides is 3. The third kappa shape index (κ3) is 3.55. The Kier molecular flexibility index (Phi) is 4.58. The highest BCUT2D eigenvalue weighted by molar-refractivity contribution is 7.95. The van der Waals surface area contributed by atoms with Gasteiger partial charge in [-0.1, -0.05) is 0 Å². The van der Waals surface area contributed by atoms with Crippen molar-refractivity contribution in [2.45, 2.75) is 25.3 Å².